The summed E-state index contributed by atoms with van der Waals surface area (Å²) < 4.78 is 19.0. The maximum atomic E-state index is 12.4. The van der Waals surface area contributed by atoms with Gasteiger partial charge in [-0.3, -0.25) is 14.5 Å². The molecule has 5 unspecified atom stereocenters. The fourth-order valence-corrected chi connectivity index (χ4v) is 6.91. The summed E-state index contributed by atoms with van der Waals surface area (Å²) in [4.78, 5) is 25.9. The molecule has 2 saturated heterocycles. The molecule has 9 nitrogen and oxygen atoms in total. The van der Waals surface area contributed by atoms with Crippen molar-refractivity contribution in [3.05, 3.63) is 95.1 Å². The lowest BCUT2D eigenvalue weighted by molar-refractivity contribution is -0.276. The van der Waals surface area contributed by atoms with E-state index in [1.165, 1.54) is 6.92 Å². The molecule has 3 aromatic carbocycles. The zero-order chi connectivity index (χ0) is 34.6. The molecule has 9 heteroatoms. The number of amides is 2. The second-order valence-electron chi connectivity index (χ2n) is 13.5. The van der Waals surface area contributed by atoms with Gasteiger partial charge in [0, 0.05) is 57.6 Å². The second kappa shape index (κ2) is 18.4. The minimum Gasteiger partial charge on any atom is -0.392 e. The van der Waals surface area contributed by atoms with Gasteiger partial charge in [0.1, 0.15) is 0 Å². The molecular weight excluding hydrogens is 618 g/mol. The van der Waals surface area contributed by atoms with Crippen LogP contribution in [0.3, 0.4) is 0 Å². The molecule has 0 radical (unpaired) electrons. The molecular formula is C40H53N3O6. The van der Waals surface area contributed by atoms with Crippen molar-refractivity contribution in [1.29, 1.82) is 0 Å². The average molecular weight is 672 g/mol. The van der Waals surface area contributed by atoms with Crippen LogP contribution >= 0.6 is 0 Å². The van der Waals surface area contributed by atoms with E-state index >= 15 is 0 Å². The molecule has 5 rings (SSSR count). The van der Waals surface area contributed by atoms with Gasteiger partial charge in [0.2, 0.25) is 11.8 Å². The number of hydrogen-bond donors (Lipinski definition) is 3. The van der Waals surface area contributed by atoms with E-state index in [0.29, 0.717) is 25.6 Å². The standard InChI is InChI=1S/C40H53N3O6/c1-28-37(25-43-22-8-11-36(43)27-47-3)48-40(49-39(28)33-15-13-30(26-44)14-16-33)34-19-17-32(18-20-34)35-10-7-9-31(23-35)24-42-38(46)12-5-4-6-21-41-29(2)45/h7,9-10,13-20,23,28,36-37,39-40,44H,4-6,8,11-12,21-22,24-27H2,1-3H3,(H,41,45)(H,42,46). The van der Waals surface area contributed by atoms with Gasteiger partial charge in [0.25, 0.3) is 0 Å². The van der Waals surface area contributed by atoms with Crippen LogP contribution in [0.5, 0.6) is 0 Å². The first-order valence-electron chi connectivity index (χ1n) is 17.8. The molecule has 2 aliphatic heterocycles. The predicted octanol–water partition coefficient (Wildman–Crippen LogP) is 6.06. The first kappa shape index (κ1) is 36.7. The van der Waals surface area contributed by atoms with E-state index in [0.717, 1.165) is 85.2 Å². The molecule has 0 saturated carbocycles. The summed E-state index contributed by atoms with van der Waals surface area (Å²) in [7, 11) is 1.77. The van der Waals surface area contributed by atoms with E-state index in [4.69, 9.17) is 14.2 Å². The van der Waals surface area contributed by atoms with Crippen LogP contribution in [0.4, 0.5) is 0 Å². The molecule has 0 aliphatic carbocycles. The maximum absolute atomic E-state index is 12.4. The van der Waals surface area contributed by atoms with E-state index in [1.807, 2.05) is 24.3 Å². The second-order valence-corrected chi connectivity index (χ2v) is 13.5. The Hall–Kier alpha value is -3.60. The third-order valence-corrected chi connectivity index (χ3v) is 9.78. The fourth-order valence-electron chi connectivity index (χ4n) is 6.91. The number of carbonyl (C=O) groups excluding carboxylic acids is 2. The van der Waals surface area contributed by atoms with E-state index in [1.54, 1.807) is 7.11 Å². The first-order chi connectivity index (χ1) is 23.8. The zero-order valence-electron chi connectivity index (χ0n) is 29.2. The largest absolute Gasteiger partial charge is 0.392 e. The third-order valence-electron chi connectivity index (χ3n) is 9.78. The van der Waals surface area contributed by atoms with Crippen molar-refractivity contribution in [1.82, 2.24) is 15.5 Å². The maximum Gasteiger partial charge on any atom is 0.220 e. The van der Waals surface area contributed by atoms with Gasteiger partial charge in [-0.05, 0) is 66.1 Å². The van der Waals surface area contributed by atoms with Gasteiger partial charge < -0.3 is 30.0 Å². The highest BCUT2D eigenvalue weighted by atomic mass is 16.7. The number of aliphatic hydroxyl groups excluding tert-OH is 1. The van der Waals surface area contributed by atoms with Gasteiger partial charge in [-0.25, -0.2) is 0 Å². The molecule has 264 valence electrons. The third kappa shape index (κ3) is 10.4. The van der Waals surface area contributed by atoms with Crippen LogP contribution in [0.25, 0.3) is 11.1 Å². The van der Waals surface area contributed by atoms with E-state index < -0.39 is 6.29 Å². The van der Waals surface area contributed by atoms with Gasteiger partial charge in [-0.1, -0.05) is 80.1 Å². The lowest BCUT2D eigenvalue weighted by Crippen LogP contribution is -2.46. The number of aliphatic hydroxyl groups is 1. The van der Waals surface area contributed by atoms with Crippen LogP contribution < -0.4 is 10.6 Å². The van der Waals surface area contributed by atoms with Crippen molar-refractivity contribution in [2.45, 2.75) is 90.1 Å². The number of nitrogens with one attached hydrogen (secondary N) is 2. The van der Waals surface area contributed by atoms with Crippen LogP contribution in [0, 0.1) is 5.92 Å². The molecule has 3 aromatic rings. The molecule has 2 fully saturated rings. The molecule has 2 heterocycles. The number of benzene rings is 3. The lowest BCUT2D eigenvalue weighted by atomic mass is 9.89. The van der Waals surface area contributed by atoms with E-state index in [-0.39, 0.29) is 36.5 Å². The quantitative estimate of drug-likeness (QED) is 0.159. The SMILES string of the molecule is COCC1CCCN1CC1OC(c2ccc(-c3cccc(CNC(=O)CCCCCNC(C)=O)c3)cc2)OC(c2ccc(CO)cc2)C1C. The van der Waals surface area contributed by atoms with E-state index in [9.17, 15) is 14.7 Å². The number of ether oxygens (including phenoxy) is 3. The Morgan fingerprint density at radius 1 is 0.918 bits per heavy atom. The summed E-state index contributed by atoms with van der Waals surface area (Å²) in [6, 6.07) is 25.1. The molecule has 5 atom stereocenters. The van der Waals surface area contributed by atoms with Gasteiger partial charge in [0.15, 0.2) is 6.29 Å². The van der Waals surface area contributed by atoms with Gasteiger partial charge >= 0.3 is 0 Å². The first-order valence-corrected chi connectivity index (χ1v) is 17.8. The van der Waals surface area contributed by atoms with Crippen molar-refractivity contribution < 1.29 is 28.9 Å². The molecule has 0 spiro atoms. The Morgan fingerprint density at radius 2 is 1.69 bits per heavy atom. The lowest BCUT2D eigenvalue weighted by Gasteiger charge is -2.43. The Morgan fingerprint density at radius 3 is 2.43 bits per heavy atom. The highest BCUT2D eigenvalue weighted by Crippen LogP contribution is 2.42. The summed E-state index contributed by atoms with van der Waals surface area (Å²) >= 11 is 0. The number of likely N-dealkylation sites (tertiary alicyclic amines) is 1. The number of unbranched alkanes of at least 4 members (excludes halogenated alkanes) is 2. The number of nitrogens with zero attached hydrogens (tertiary/aromatic N) is 1. The zero-order valence-corrected chi connectivity index (χ0v) is 29.2. The average Bonchev–Trinajstić information content (AvgIpc) is 3.56. The van der Waals surface area contributed by atoms with Crippen LogP contribution in [0.15, 0.2) is 72.8 Å². The Labute approximate surface area is 291 Å². The fraction of sp³-hybridized carbons (Fsp3) is 0.500. The van der Waals surface area contributed by atoms with Crippen LogP contribution in [-0.4, -0.2) is 67.3 Å². The summed E-state index contributed by atoms with van der Waals surface area (Å²) in [5.41, 5.74) is 6.12. The van der Waals surface area contributed by atoms with Gasteiger partial charge in [0.05, 0.1) is 25.4 Å². The highest BCUT2D eigenvalue weighted by molar-refractivity contribution is 5.76. The van der Waals surface area contributed by atoms with Gasteiger partial charge in [-0.2, -0.15) is 0 Å². The molecule has 2 aliphatic rings. The van der Waals surface area contributed by atoms with Crippen LogP contribution in [-0.2, 0) is 37.0 Å². The summed E-state index contributed by atoms with van der Waals surface area (Å²) in [6.45, 7) is 7.45. The van der Waals surface area contributed by atoms with Crippen LogP contribution in [0.1, 0.15) is 87.0 Å². The Bertz CT molecular complexity index is 1480. The predicted molar refractivity (Wildman–Crippen MR) is 190 cm³/mol. The number of carbonyl (C=O) groups is 2. The Kier molecular flexibility index (Phi) is 13.8. The topological polar surface area (TPSA) is 109 Å². The molecule has 3 N–H and O–H groups in total. The molecule has 49 heavy (non-hydrogen) atoms. The normalized spacial score (nSPS) is 22.6. The molecule has 0 bridgehead atoms. The summed E-state index contributed by atoms with van der Waals surface area (Å²) in [5, 5.41) is 15.4. The minimum atomic E-state index is -0.520. The van der Waals surface area contributed by atoms with Crippen molar-refractivity contribution >= 4 is 11.8 Å². The van der Waals surface area contributed by atoms with Crippen molar-refractivity contribution in [2.75, 3.05) is 33.4 Å². The molecule has 0 aromatic heterocycles. The van der Waals surface area contributed by atoms with Crippen molar-refractivity contribution in [2.24, 2.45) is 5.92 Å². The summed E-state index contributed by atoms with van der Waals surface area (Å²) in [6.07, 6.45) is 4.65. The van der Waals surface area contributed by atoms with Crippen LogP contribution in [0.2, 0.25) is 0 Å². The number of hydrogen-bond acceptors (Lipinski definition) is 7. The smallest absolute Gasteiger partial charge is 0.220 e. The van der Waals surface area contributed by atoms with E-state index in [2.05, 4.69) is 71.0 Å². The monoisotopic (exact) mass is 671 g/mol. The highest BCUT2D eigenvalue weighted by Gasteiger charge is 2.40. The molecule has 2 amide bonds. The van der Waals surface area contributed by atoms with Crippen molar-refractivity contribution in [3.8, 4) is 11.1 Å². The number of methoxy groups -OCH3 is 1. The van der Waals surface area contributed by atoms with Gasteiger partial charge in [-0.15, -0.1) is 0 Å². The van der Waals surface area contributed by atoms with Crippen molar-refractivity contribution in [3.63, 3.8) is 0 Å². The summed E-state index contributed by atoms with van der Waals surface area (Å²) in [5.74, 6) is 0.140. The number of rotatable bonds is 16. The Balaban J connectivity index is 1.23. The minimum absolute atomic E-state index is 0.0124.